The van der Waals surface area contributed by atoms with Gasteiger partial charge in [0.15, 0.2) is 6.10 Å². The maximum Gasteiger partial charge on any atom is 0.332 e. The van der Waals surface area contributed by atoms with Crippen molar-refractivity contribution in [1.29, 1.82) is 0 Å². The van der Waals surface area contributed by atoms with Gasteiger partial charge in [0.1, 0.15) is 18.3 Å². The summed E-state index contributed by atoms with van der Waals surface area (Å²) in [6.07, 6.45) is -6.47. The molecule has 0 aromatic heterocycles. The SMILES string of the molecule is O=C(O)C(O)CC1OC(CO)C(O)C1O. The Bertz CT molecular complexity index is 231. The Morgan fingerprint density at radius 1 is 1.27 bits per heavy atom. The predicted molar refractivity (Wildman–Crippen MR) is 46.0 cm³/mol. The van der Waals surface area contributed by atoms with Crippen LogP contribution < -0.4 is 0 Å². The van der Waals surface area contributed by atoms with Crippen molar-refractivity contribution in [2.45, 2.75) is 36.9 Å². The van der Waals surface area contributed by atoms with Gasteiger partial charge in [-0.3, -0.25) is 0 Å². The molecule has 5 atom stereocenters. The summed E-state index contributed by atoms with van der Waals surface area (Å²) in [5.74, 6) is -1.42. The van der Waals surface area contributed by atoms with Crippen LogP contribution in [-0.2, 0) is 9.53 Å². The second-order valence-corrected chi connectivity index (χ2v) is 3.47. The molecule has 88 valence electrons. The topological polar surface area (TPSA) is 127 Å². The number of hydrogen-bond donors (Lipinski definition) is 5. The van der Waals surface area contributed by atoms with E-state index >= 15 is 0 Å². The molecule has 0 bridgehead atoms. The minimum Gasteiger partial charge on any atom is -0.479 e. The normalized spacial score (nSPS) is 37.9. The standard InChI is InChI=1S/C8H14O7/c9-2-5-7(12)6(11)4(15-5)1-3(10)8(13)14/h3-7,9-12H,1-2H2,(H,13,14). The molecule has 0 radical (unpaired) electrons. The van der Waals surface area contributed by atoms with E-state index in [1.807, 2.05) is 0 Å². The zero-order chi connectivity index (χ0) is 11.6. The quantitative estimate of drug-likeness (QED) is 0.350. The van der Waals surface area contributed by atoms with Crippen molar-refractivity contribution >= 4 is 5.97 Å². The fourth-order valence-electron chi connectivity index (χ4n) is 1.49. The van der Waals surface area contributed by atoms with Gasteiger partial charge in [0.2, 0.25) is 0 Å². The van der Waals surface area contributed by atoms with Gasteiger partial charge in [-0.2, -0.15) is 0 Å². The number of aliphatic carboxylic acids is 1. The van der Waals surface area contributed by atoms with E-state index in [1.165, 1.54) is 0 Å². The summed E-state index contributed by atoms with van der Waals surface area (Å²) >= 11 is 0. The van der Waals surface area contributed by atoms with E-state index < -0.39 is 43.1 Å². The van der Waals surface area contributed by atoms with E-state index in [9.17, 15) is 15.0 Å². The molecule has 1 rings (SSSR count). The van der Waals surface area contributed by atoms with Gasteiger partial charge in [-0.25, -0.2) is 4.79 Å². The van der Waals surface area contributed by atoms with E-state index in [-0.39, 0.29) is 6.42 Å². The average Bonchev–Trinajstić information content (AvgIpc) is 2.45. The van der Waals surface area contributed by atoms with Crippen LogP contribution in [-0.4, -0.2) is 68.6 Å². The number of carboxylic acid groups (broad SMARTS) is 1. The maximum atomic E-state index is 10.3. The smallest absolute Gasteiger partial charge is 0.332 e. The number of carbonyl (C=O) groups is 1. The van der Waals surface area contributed by atoms with Crippen LogP contribution in [0, 0.1) is 0 Å². The second kappa shape index (κ2) is 4.86. The van der Waals surface area contributed by atoms with Gasteiger partial charge in [-0.15, -0.1) is 0 Å². The summed E-state index contributed by atoms with van der Waals surface area (Å²) in [6, 6.07) is 0. The molecule has 0 saturated carbocycles. The third-order valence-electron chi connectivity index (χ3n) is 2.38. The number of hydrogen-bond acceptors (Lipinski definition) is 6. The summed E-state index contributed by atoms with van der Waals surface area (Å²) in [5.41, 5.74) is 0. The van der Waals surface area contributed by atoms with Gasteiger partial charge in [-0.1, -0.05) is 0 Å². The Kier molecular flexibility index (Phi) is 4.00. The van der Waals surface area contributed by atoms with Crippen molar-refractivity contribution in [2.75, 3.05) is 6.61 Å². The molecule has 5 unspecified atom stereocenters. The lowest BCUT2D eigenvalue weighted by Crippen LogP contribution is -2.36. The molecule has 0 amide bonds. The largest absolute Gasteiger partial charge is 0.479 e. The number of ether oxygens (including phenoxy) is 1. The number of rotatable bonds is 4. The van der Waals surface area contributed by atoms with Crippen LogP contribution in [0.1, 0.15) is 6.42 Å². The first-order chi connectivity index (χ1) is 6.97. The summed E-state index contributed by atoms with van der Waals surface area (Å²) in [6.45, 7) is -0.474. The lowest BCUT2D eigenvalue weighted by atomic mass is 10.0. The molecule has 5 N–H and O–H groups in total. The molecule has 1 aliphatic heterocycles. The second-order valence-electron chi connectivity index (χ2n) is 3.47. The highest BCUT2D eigenvalue weighted by atomic mass is 16.6. The lowest BCUT2D eigenvalue weighted by Gasteiger charge is -2.15. The first kappa shape index (κ1) is 12.3. The molecular weight excluding hydrogens is 208 g/mol. The predicted octanol–water partition coefficient (Wildman–Crippen LogP) is -2.70. The van der Waals surface area contributed by atoms with Crippen molar-refractivity contribution in [2.24, 2.45) is 0 Å². The Hall–Kier alpha value is -0.730. The van der Waals surface area contributed by atoms with Crippen molar-refractivity contribution in [3.05, 3.63) is 0 Å². The van der Waals surface area contributed by atoms with Crippen molar-refractivity contribution in [3.8, 4) is 0 Å². The Labute approximate surface area is 85.5 Å². The number of aliphatic hydroxyl groups is 4. The molecule has 7 heteroatoms. The van der Waals surface area contributed by atoms with Crippen molar-refractivity contribution in [3.63, 3.8) is 0 Å². The van der Waals surface area contributed by atoms with Crippen LogP contribution in [0.2, 0.25) is 0 Å². The first-order valence-electron chi connectivity index (χ1n) is 4.50. The average molecular weight is 222 g/mol. The van der Waals surface area contributed by atoms with Crippen LogP contribution >= 0.6 is 0 Å². The highest BCUT2D eigenvalue weighted by molar-refractivity contribution is 5.71. The van der Waals surface area contributed by atoms with Gasteiger partial charge in [0, 0.05) is 6.42 Å². The molecule has 15 heavy (non-hydrogen) atoms. The summed E-state index contributed by atoms with van der Waals surface area (Å²) in [7, 11) is 0. The highest BCUT2D eigenvalue weighted by Gasteiger charge is 2.43. The Morgan fingerprint density at radius 3 is 2.20 bits per heavy atom. The molecular formula is C8H14O7. The molecule has 1 saturated heterocycles. The van der Waals surface area contributed by atoms with Gasteiger partial charge >= 0.3 is 5.97 Å². The van der Waals surface area contributed by atoms with Crippen molar-refractivity contribution in [1.82, 2.24) is 0 Å². The minimum absolute atomic E-state index is 0.329. The molecule has 7 nitrogen and oxygen atoms in total. The Morgan fingerprint density at radius 2 is 1.80 bits per heavy atom. The third-order valence-corrected chi connectivity index (χ3v) is 2.38. The molecule has 0 aromatic rings. The number of carboxylic acids is 1. The Balaban J connectivity index is 2.54. The van der Waals surface area contributed by atoms with Crippen LogP contribution in [0.25, 0.3) is 0 Å². The zero-order valence-corrected chi connectivity index (χ0v) is 7.85. The summed E-state index contributed by atoms with van der Waals surface area (Å²) in [5, 5.41) is 44.9. The molecule has 1 fully saturated rings. The first-order valence-corrected chi connectivity index (χ1v) is 4.50. The van der Waals surface area contributed by atoms with E-state index in [1.54, 1.807) is 0 Å². The lowest BCUT2D eigenvalue weighted by molar-refractivity contribution is -0.149. The highest BCUT2D eigenvalue weighted by Crippen LogP contribution is 2.24. The van der Waals surface area contributed by atoms with Crippen molar-refractivity contribution < 1.29 is 35.1 Å². The molecule has 0 spiro atoms. The monoisotopic (exact) mass is 222 g/mol. The van der Waals surface area contributed by atoms with E-state index in [4.69, 9.17) is 20.1 Å². The fourth-order valence-corrected chi connectivity index (χ4v) is 1.49. The zero-order valence-electron chi connectivity index (χ0n) is 7.85. The van der Waals surface area contributed by atoms with Crippen LogP contribution in [0.15, 0.2) is 0 Å². The molecule has 0 aromatic carbocycles. The summed E-state index contributed by atoms with van der Waals surface area (Å²) in [4.78, 5) is 10.3. The minimum atomic E-state index is -1.66. The maximum absolute atomic E-state index is 10.3. The summed E-state index contributed by atoms with van der Waals surface area (Å²) < 4.78 is 4.98. The number of aliphatic hydroxyl groups excluding tert-OH is 4. The van der Waals surface area contributed by atoms with Gasteiger partial charge in [0.25, 0.3) is 0 Å². The molecule has 1 aliphatic rings. The van der Waals surface area contributed by atoms with Gasteiger partial charge < -0.3 is 30.3 Å². The molecule has 1 heterocycles. The van der Waals surface area contributed by atoms with Crippen LogP contribution in [0.4, 0.5) is 0 Å². The third kappa shape index (κ3) is 2.64. The van der Waals surface area contributed by atoms with E-state index in [2.05, 4.69) is 0 Å². The van der Waals surface area contributed by atoms with Crippen LogP contribution in [0.3, 0.4) is 0 Å². The van der Waals surface area contributed by atoms with Gasteiger partial charge in [0.05, 0.1) is 12.7 Å². The van der Waals surface area contributed by atoms with E-state index in [0.717, 1.165) is 0 Å². The van der Waals surface area contributed by atoms with Gasteiger partial charge in [-0.05, 0) is 0 Å². The van der Waals surface area contributed by atoms with Crippen LogP contribution in [0.5, 0.6) is 0 Å². The molecule has 0 aliphatic carbocycles. The van der Waals surface area contributed by atoms with E-state index in [0.29, 0.717) is 0 Å². The fraction of sp³-hybridized carbons (Fsp3) is 0.875.